The number of phosphoric ester groups is 1. The lowest BCUT2D eigenvalue weighted by Crippen LogP contribution is -2.47. The third-order valence-electron chi connectivity index (χ3n) is 14.6. The summed E-state index contributed by atoms with van der Waals surface area (Å²) < 4.78 is 30.3. The average molecular weight is 1190 g/mol. The van der Waals surface area contributed by atoms with Gasteiger partial charge in [-0.15, -0.1) is 0 Å². The molecule has 0 saturated carbocycles. The lowest BCUT2D eigenvalue weighted by molar-refractivity contribution is -0.870. The molecule has 0 aliphatic heterocycles. The van der Waals surface area contributed by atoms with Crippen LogP contribution in [-0.2, 0) is 27.9 Å². The summed E-state index contributed by atoms with van der Waals surface area (Å²) in [6.07, 6.45) is 87.7. The summed E-state index contributed by atoms with van der Waals surface area (Å²) in [5.74, 6) is -0.641. The Kier molecular flexibility index (Phi) is 59.8. The lowest BCUT2D eigenvalue weighted by Gasteiger charge is -2.30. The number of allylic oxidation sites excluding steroid dienone is 19. The summed E-state index contributed by atoms with van der Waals surface area (Å²) in [6.45, 7) is 6.65. The molecule has 482 valence electrons. The fourth-order valence-electron chi connectivity index (χ4n) is 9.38. The minimum Gasteiger partial charge on any atom is -0.756 e. The number of unbranched alkanes of at least 4 members (excludes halogenated alkanes) is 27. The Labute approximate surface area is 518 Å². The zero-order valence-electron chi connectivity index (χ0n) is 55.1. The normalized spacial score (nSPS) is 14.3. The van der Waals surface area contributed by atoms with Crippen LogP contribution in [0.2, 0.25) is 0 Å². The van der Waals surface area contributed by atoms with Gasteiger partial charge in [-0.25, -0.2) is 0 Å². The van der Waals surface area contributed by atoms with Crippen LogP contribution in [-0.4, -0.2) is 69.4 Å². The van der Waals surface area contributed by atoms with Gasteiger partial charge in [-0.3, -0.25) is 14.2 Å². The first kappa shape index (κ1) is 80.4. The summed E-state index contributed by atoms with van der Waals surface area (Å²) in [6, 6.07) is -0.937. The Morgan fingerprint density at radius 2 is 0.774 bits per heavy atom. The van der Waals surface area contributed by atoms with Gasteiger partial charge >= 0.3 is 5.97 Å². The zero-order chi connectivity index (χ0) is 61.4. The minimum absolute atomic E-state index is 0.0411. The van der Waals surface area contributed by atoms with Gasteiger partial charge in [0.25, 0.3) is 7.82 Å². The smallest absolute Gasteiger partial charge is 0.306 e. The highest BCUT2D eigenvalue weighted by atomic mass is 31.2. The monoisotopic (exact) mass is 1190 g/mol. The van der Waals surface area contributed by atoms with Crippen LogP contribution >= 0.6 is 7.82 Å². The van der Waals surface area contributed by atoms with Crippen LogP contribution in [0.15, 0.2) is 122 Å². The van der Waals surface area contributed by atoms with Crippen LogP contribution in [0.1, 0.15) is 284 Å². The third-order valence-corrected chi connectivity index (χ3v) is 15.6. The summed E-state index contributed by atoms with van der Waals surface area (Å²) in [7, 11) is 1.13. The fraction of sp³-hybridized carbons (Fsp3) is 0.703. The highest BCUT2D eigenvalue weighted by Gasteiger charge is 2.27. The Bertz CT molecular complexity index is 1850. The molecule has 0 saturated heterocycles. The first-order valence-electron chi connectivity index (χ1n) is 34.3. The predicted octanol–water partition coefficient (Wildman–Crippen LogP) is 21.2. The van der Waals surface area contributed by atoms with Crippen LogP contribution in [0.25, 0.3) is 0 Å². The molecular weight excluding hydrogens is 1060 g/mol. The first-order chi connectivity index (χ1) is 40.9. The molecule has 0 spiro atoms. The van der Waals surface area contributed by atoms with Crippen LogP contribution in [0.4, 0.5) is 0 Å². The summed E-state index contributed by atoms with van der Waals surface area (Å²) in [4.78, 5) is 40.1. The number of amides is 1. The van der Waals surface area contributed by atoms with Gasteiger partial charge in [-0.2, -0.15) is 0 Å². The second kappa shape index (κ2) is 62.5. The molecule has 0 aromatic carbocycles. The SMILES string of the molecule is CC/C=C\C/C=C\C/C=C\C/C=C\C/C=C\C/C=C\CCC(=O)NC(COP(=O)([O-])OCC[N+](C)(C)C)C(/C=C\CCCCCCCCCCCC)OC(=O)CCCCCCCCCCCCCCCC/C=C\C/C=C\C/C=C\CCCCC. The number of ether oxygens (including phenoxy) is 1. The Morgan fingerprint density at radius 1 is 0.429 bits per heavy atom. The third kappa shape index (κ3) is 62.9. The van der Waals surface area contributed by atoms with E-state index in [4.69, 9.17) is 13.8 Å². The number of likely N-dealkylation sites (N-methyl/N-ethyl adjacent to an activating group) is 1. The van der Waals surface area contributed by atoms with Gasteiger partial charge in [0.05, 0.1) is 33.8 Å². The van der Waals surface area contributed by atoms with Crippen LogP contribution < -0.4 is 10.2 Å². The van der Waals surface area contributed by atoms with Crippen molar-refractivity contribution in [3.05, 3.63) is 122 Å². The summed E-state index contributed by atoms with van der Waals surface area (Å²) >= 11 is 0. The second-order valence-corrected chi connectivity index (χ2v) is 25.4. The van der Waals surface area contributed by atoms with Gasteiger partial charge < -0.3 is 28.5 Å². The van der Waals surface area contributed by atoms with Crippen molar-refractivity contribution in [2.75, 3.05) is 40.9 Å². The summed E-state index contributed by atoms with van der Waals surface area (Å²) in [5.41, 5.74) is 0. The van der Waals surface area contributed by atoms with E-state index in [0.29, 0.717) is 23.9 Å². The number of nitrogens with one attached hydrogen (secondary N) is 1. The molecule has 0 aliphatic carbocycles. The van der Waals surface area contributed by atoms with Crippen molar-refractivity contribution < 1.29 is 37.3 Å². The molecule has 0 heterocycles. The molecule has 10 heteroatoms. The van der Waals surface area contributed by atoms with Gasteiger partial charge in [-0.1, -0.05) is 284 Å². The van der Waals surface area contributed by atoms with Gasteiger partial charge in [0.2, 0.25) is 5.91 Å². The Balaban J connectivity index is 5.16. The number of carbonyl (C=O) groups excluding carboxylic acids is 2. The van der Waals surface area contributed by atoms with Crippen molar-refractivity contribution in [1.29, 1.82) is 0 Å². The van der Waals surface area contributed by atoms with E-state index in [2.05, 4.69) is 123 Å². The fourth-order valence-corrected chi connectivity index (χ4v) is 10.1. The molecule has 0 aromatic rings. The number of phosphoric acid groups is 1. The van der Waals surface area contributed by atoms with Gasteiger partial charge in [0.1, 0.15) is 19.3 Å². The first-order valence-corrected chi connectivity index (χ1v) is 35.8. The van der Waals surface area contributed by atoms with Crippen molar-refractivity contribution >= 4 is 19.7 Å². The Hall–Kier alpha value is -3.59. The number of esters is 1. The molecule has 1 amide bonds. The zero-order valence-corrected chi connectivity index (χ0v) is 56.0. The van der Waals surface area contributed by atoms with Crippen LogP contribution in [0.5, 0.6) is 0 Å². The van der Waals surface area contributed by atoms with E-state index >= 15 is 0 Å². The van der Waals surface area contributed by atoms with E-state index in [1.165, 1.54) is 148 Å². The molecule has 9 nitrogen and oxygen atoms in total. The molecule has 0 fully saturated rings. The van der Waals surface area contributed by atoms with Gasteiger partial charge in [0, 0.05) is 12.8 Å². The number of carbonyl (C=O) groups is 2. The second-order valence-electron chi connectivity index (χ2n) is 23.9. The molecule has 0 rings (SSSR count). The van der Waals surface area contributed by atoms with E-state index in [-0.39, 0.29) is 31.3 Å². The van der Waals surface area contributed by atoms with Crippen molar-refractivity contribution in [2.45, 2.75) is 296 Å². The van der Waals surface area contributed by atoms with Crippen molar-refractivity contribution in [3.8, 4) is 0 Å². The van der Waals surface area contributed by atoms with Crippen LogP contribution in [0.3, 0.4) is 0 Å². The predicted molar refractivity (Wildman–Crippen MR) is 362 cm³/mol. The molecule has 1 N–H and O–H groups in total. The molecule has 84 heavy (non-hydrogen) atoms. The topological polar surface area (TPSA) is 114 Å². The molecule has 0 aliphatic rings. The highest BCUT2D eigenvalue weighted by Crippen LogP contribution is 2.38. The number of hydrogen-bond donors (Lipinski definition) is 1. The van der Waals surface area contributed by atoms with E-state index < -0.39 is 26.6 Å². The van der Waals surface area contributed by atoms with Crippen molar-refractivity contribution in [3.63, 3.8) is 0 Å². The van der Waals surface area contributed by atoms with E-state index in [1.807, 2.05) is 45.4 Å². The largest absolute Gasteiger partial charge is 0.756 e. The van der Waals surface area contributed by atoms with E-state index in [1.54, 1.807) is 0 Å². The minimum atomic E-state index is -4.73. The maximum atomic E-state index is 13.5. The van der Waals surface area contributed by atoms with Gasteiger partial charge in [-0.05, 0) is 109 Å². The quantitative estimate of drug-likeness (QED) is 0.0212. The van der Waals surface area contributed by atoms with E-state index in [9.17, 15) is 19.0 Å². The highest BCUT2D eigenvalue weighted by molar-refractivity contribution is 7.45. The molecule has 3 atom stereocenters. The number of quaternary nitrogens is 1. The lowest BCUT2D eigenvalue weighted by atomic mass is 10.0. The molecule has 0 bridgehead atoms. The molecular formula is C74H129N2O7P. The van der Waals surface area contributed by atoms with Crippen LogP contribution in [0, 0.1) is 0 Å². The molecule has 3 unspecified atom stereocenters. The van der Waals surface area contributed by atoms with Crippen molar-refractivity contribution in [2.24, 2.45) is 0 Å². The van der Waals surface area contributed by atoms with E-state index in [0.717, 1.165) is 89.9 Å². The summed E-state index contributed by atoms with van der Waals surface area (Å²) in [5, 5.41) is 2.98. The maximum Gasteiger partial charge on any atom is 0.306 e. The average Bonchev–Trinajstić information content (AvgIpc) is 3.64. The number of hydrogen-bond acceptors (Lipinski definition) is 7. The number of rotatable bonds is 61. The standard InChI is InChI=1S/C74H129N2O7P/c1-7-10-13-16-19-22-25-28-30-32-34-35-36-37-38-39-40-41-43-45-47-49-52-55-58-61-64-67-74(78)83-72(65-62-59-56-53-50-27-24-21-18-15-12-9-3)71(70-82-84(79,80)81-69-68-76(4,5)6)75-73(77)66-63-60-57-54-51-48-46-44-42-33-31-29-26-23-20-17-14-11-8-2/h11,14,19-20,22-23,28-31,34-35,42,44,48,51,57,60,62,65,71-72H,7-10,12-13,15-18,21,24-27,32-33,36-41,43,45-47,49-50,52-56,58-59,61,63-64,66-70H2,1-6H3,(H-,75,77,79,80)/b14-11-,22-19-,23-20-,30-28-,31-29-,35-34-,44-42-,51-48-,60-57-,65-62-. The molecule has 0 aromatic heterocycles. The van der Waals surface area contributed by atoms with Crippen molar-refractivity contribution in [1.82, 2.24) is 5.32 Å². The maximum absolute atomic E-state index is 13.5. The molecule has 0 radical (unpaired) electrons. The Morgan fingerprint density at radius 3 is 1.19 bits per heavy atom. The number of nitrogens with zero attached hydrogens (tertiary/aromatic N) is 1. The van der Waals surface area contributed by atoms with Gasteiger partial charge in [0.15, 0.2) is 0 Å².